The summed E-state index contributed by atoms with van der Waals surface area (Å²) in [5.41, 5.74) is 0.151. The molecule has 0 saturated carbocycles. The predicted molar refractivity (Wildman–Crippen MR) is 97.8 cm³/mol. The van der Waals surface area contributed by atoms with Gasteiger partial charge in [0.1, 0.15) is 16.5 Å². The zero-order valence-electron chi connectivity index (χ0n) is 15.2. The minimum Gasteiger partial charge on any atom is -0.469 e. The summed E-state index contributed by atoms with van der Waals surface area (Å²) in [5.74, 6) is 1.16. The Morgan fingerprint density at radius 1 is 1.07 bits per heavy atom. The van der Waals surface area contributed by atoms with Crippen LogP contribution in [0.25, 0.3) is 22.8 Å². The minimum absolute atomic E-state index is 0.0437. The van der Waals surface area contributed by atoms with Crippen molar-refractivity contribution < 1.29 is 17.6 Å². The summed E-state index contributed by atoms with van der Waals surface area (Å²) in [4.78, 5) is 11.8. The molecule has 11 heteroatoms. The predicted octanol–water partition coefficient (Wildman–Crippen LogP) is 4.41. The van der Waals surface area contributed by atoms with Crippen LogP contribution in [-0.4, -0.2) is 29.7 Å². The van der Waals surface area contributed by atoms with E-state index in [0.29, 0.717) is 22.3 Å². The molecule has 0 fully saturated rings. The van der Waals surface area contributed by atoms with Crippen LogP contribution >= 0.6 is 11.8 Å². The van der Waals surface area contributed by atoms with Gasteiger partial charge in [0.15, 0.2) is 16.8 Å². The molecule has 0 aliphatic heterocycles. The quantitative estimate of drug-likeness (QED) is 0.454. The van der Waals surface area contributed by atoms with Gasteiger partial charge in [-0.15, -0.1) is 10.2 Å². The van der Waals surface area contributed by atoms with Gasteiger partial charge in [-0.25, -0.2) is 9.97 Å². The molecule has 0 aliphatic rings. The normalized spacial score (nSPS) is 11.8. The van der Waals surface area contributed by atoms with Gasteiger partial charge < -0.3 is 8.98 Å². The van der Waals surface area contributed by atoms with Gasteiger partial charge in [0.2, 0.25) is 0 Å². The Kier molecular flexibility index (Phi) is 4.82. The first-order chi connectivity index (χ1) is 13.8. The topological polar surface area (TPSA) is 82.5 Å². The van der Waals surface area contributed by atoms with Crippen LogP contribution < -0.4 is 0 Å². The summed E-state index contributed by atoms with van der Waals surface area (Å²) in [6.45, 7) is 1.79. The van der Waals surface area contributed by atoms with E-state index in [9.17, 15) is 13.2 Å². The molecule has 0 N–H and O–H groups in total. The largest absolute Gasteiger partial charge is 0.469 e. The summed E-state index contributed by atoms with van der Waals surface area (Å²) in [7, 11) is 1.72. The molecule has 0 radical (unpaired) electrons. The highest BCUT2D eigenvalue weighted by molar-refractivity contribution is 7.99. The lowest BCUT2D eigenvalue weighted by Gasteiger charge is -2.10. The number of hydrogen-bond donors (Lipinski definition) is 0. The van der Waals surface area contributed by atoms with Crippen molar-refractivity contribution in [1.29, 1.82) is 0 Å². The first kappa shape index (κ1) is 19.1. The summed E-state index contributed by atoms with van der Waals surface area (Å²) < 4.78 is 47.0. The fourth-order valence-corrected chi connectivity index (χ4v) is 3.40. The lowest BCUT2D eigenvalue weighted by atomic mass is 10.2. The third-order valence-electron chi connectivity index (χ3n) is 4.06. The van der Waals surface area contributed by atoms with Crippen LogP contribution in [0.5, 0.6) is 0 Å². The van der Waals surface area contributed by atoms with E-state index in [4.69, 9.17) is 4.42 Å². The van der Waals surface area contributed by atoms with Crippen molar-refractivity contribution in [2.45, 2.75) is 23.3 Å². The van der Waals surface area contributed by atoms with Crippen molar-refractivity contribution in [2.24, 2.45) is 7.05 Å². The molecule has 0 aliphatic carbocycles. The molecule has 29 heavy (non-hydrogen) atoms. The second kappa shape index (κ2) is 7.32. The van der Waals surface area contributed by atoms with E-state index in [1.165, 1.54) is 18.7 Å². The Morgan fingerprint density at radius 2 is 1.83 bits per heavy atom. The van der Waals surface area contributed by atoms with Crippen LogP contribution in [0.2, 0.25) is 0 Å². The SMILES string of the molecule is Cc1occc1-c1nnc(Sc2cc(C(F)(F)F)nc(-c3ccncc3)n2)n1C. The zero-order chi connectivity index (χ0) is 20.6. The Morgan fingerprint density at radius 3 is 2.48 bits per heavy atom. The van der Waals surface area contributed by atoms with E-state index in [0.717, 1.165) is 23.4 Å². The summed E-state index contributed by atoms with van der Waals surface area (Å²) >= 11 is 0.969. The average Bonchev–Trinajstić information content (AvgIpc) is 3.27. The van der Waals surface area contributed by atoms with E-state index < -0.39 is 11.9 Å². The summed E-state index contributed by atoms with van der Waals surface area (Å²) in [5, 5.41) is 8.69. The van der Waals surface area contributed by atoms with Gasteiger partial charge in [-0.05, 0) is 36.9 Å². The van der Waals surface area contributed by atoms with Crippen molar-refractivity contribution in [3.63, 3.8) is 0 Å². The summed E-state index contributed by atoms with van der Waals surface area (Å²) in [6.07, 6.45) is -0.145. The maximum atomic E-state index is 13.4. The number of aryl methyl sites for hydroxylation is 1. The number of pyridine rings is 1. The number of furan rings is 1. The van der Waals surface area contributed by atoms with Crippen molar-refractivity contribution in [3.8, 4) is 22.8 Å². The first-order valence-corrected chi connectivity index (χ1v) is 9.13. The van der Waals surface area contributed by atoms with Gasteiger partial charge in [-0.1, -0.05) is 0 Å². The average molecular weight is 418 g/mol. The van der Waals surface area contributed by atoms with E-state index >= 15 is 0 Å². The second-order valence-electron chi connectivity index (χ2n) is 6.01. The highest BCUT2D eigenvalue weighted by atomic mass is 32.2. The molecular formula is C18H13F3N6OS. The monoisotopic (exact) mass is 418 g/mol. The molecule has 0 saturated heterocycles. The highest BCUT2D eigenvalue weighted by Crippen LogP contribution is 2.34. The van der Waals surface area contributed by atoms with Crippen LogP contribution in [-0.2, 0) is 13.2 Å². The maximum Gasteiger partial charge on any atom is 0.433 e. The van der Waals surface area contributed by atoms with Crippen LogP contribution in [0.4, 0.5) is 13.2 Å². The van der Waals surface area contributed by atoms with E-state index in [1.807, 2.05) is 0 Å². The number of hydrogen-bond acceptors (Lipinski definition) is 7. The van der Waals surface area contributed by atoms with E-state index in [1.54, 1.807) is 36.7 Å². The van der Waals surface area contributed by atoms with E-state index in [2.05, 4.69) is 25.1 Å². The lowest BCUT2D eigenvalue weighted by molar-refractivity contribution is -0.141. The molecule has 4 aromatic heterocycles. The van der Waals surface area contributed by atoms with Crippen molar-refractivity contribution >= 4 is 11.8 Å². The summed E-state index contributed by atoms with van der Waals surface area (Å²) in [6, 6.07) is 5.74. The third kappa shape index (κ3) is 3.86. The Bertz CT molecular complexity index is 1160. The maximum absolute atomic E-state index is 13.4. The zero-order valence-corrected chi connectivity index (χ0v) is 16.0. The molecule has 0 aromatic carbocycles. The Labute approximate surface area is 167 Å². The second-order valence-corrected chi connectivity index (χ2v) is 6.99. The molecule has 0 atom stereocenters. The van der Waals surface area contributed by atoms with Gasteiger partial charge in [0.05, 0.1) is 11.8 Å². The van der Waals surface area contributed by atoms with Gasteiger partial charge in [0, 0.05) is 31.1 Å². The van der Waals surface area contributed by atoms with Gasteiger partial charge in [-0.3, -0.25) is 4.98 Å². The lowest BCUT2D eigenvalue weighted by Crippen LogP contribution is -2.10. The fraction of sp³-hybridized carbons (Fsp3) is 0.167. The molecule has 4 aromatic rings. The van der Waals surface area contributed by atoms with Crippen LogP contribution in [0.1, 0.15) is 11.5 Å². The Balaban J connectivity index is 1.74. The van der Waals surface area contributed by atoms with E-state index in [-0.39, 0.29) is 10.9 Å². The first-order valence-electron chi connectivity index (χ1n) is 8.31. The van der Waals surface area contributed by atoms with Crippen LogP contribution in [0.15, 0.2) is 57.5 Å². The highest BCUT2D eigenvalue weighted by Gasteiger charge is 2.34. The molecule has 4 heterocycles. The van der Waals surface area contributed by atoms with Crippen LogP contribution in [0, 0.1) is 6.92 Å². The van der Waals surface area contributed by atoms with Gasteiger partial charge >= 0.3 is 6.18 Å². The van der Waals surface area contributed by atoms with Gasteiger partial charge in [0.25, 0.3) is 0 Å². The van der Waals surface area contributed by atoms with Gasteiger partial charge in [-0.2, -0.15) is 13.2 Å². The molecular weight excluding hydrogens is 405 g/mol. The van der Waals surface area contributed by atoms with Crippen molar-refractivity contribution in [3.05, 3.63) is 54.4 Å². The molecule has 0 spiro atoms. The molecule has 148 valence electrons. The third-order valence-corrected chi connectivity index (χ3v) is 5.02. The number of nitrogens with zero attached hydrogens (tertiary/aromatic N) is 6. The minimum atomic E-state index is -4.61. The number of rotatable bonds is 4. The molecule has 0 bridgehead atoms. The number of aromatic nitrogens is 6. The molecule has 4 rings (SSSR count). The smallest absolute Gasteiger partial charge is 0.433 e. The molecule has 0 unspecified atom stereocenters. The molecule has 0 amide bonds. The number of halogens is 3. The Hall–Kier alpha value is -3.21. The number of alkyl halides is 3. The molecule has 7 nitrogen and oxygen atoms in total. The van der Waals surface area contributed by atoms with Crippen LogP contribution in [0.3, 0.4) is 0 Å². The standard InChI is InChI=1S/C18H13F3N6OS/c1-10-12(5-8-28-10)16-25-26-17(27(16)2)29-14-9-13(18(19,20)21)23-15(24-14)11-3-6-22-7-4-11/h3-9H,1-2H3. The fourth-order valence-electron chi connectivity index (χ4n) is 2.60. The van der Waals surface area contributed by atoms with Crippen molar-refractivity contribution in [1.82, 2.24) is 29.7 Å². The van der Waals surface area contributed by atoms with Crippen molar-refractivity contribution in [2.75, 3.05) is 0 Å².